The molecular weight excluding hydrogens is 392 g/mol. The molecule has 1 aromatic rings. The standard InChI is InChI=1S/C17H20N2O6S2/c1-24-16(22)14-10-4-2-3-5-11(10)27-15(14)18-12(20)9-25-13(21)8-19-6-7-26-17(19)23/h2-9H2,1H3,(H,18,20). The minimum atomic E-state index is -0.639. The molecule has 0 radical (unpaired) electrons. The molecule has 0 saturated carbocycles. The van der Waals surface area contributed by atoms with E-state index in [1.165, 1.54) is 23.3 Å². The van der Waals surface area contributed by atoms with E-state index in [2.05, 4.69) is 5.32 Å². The number of carbonyl (C=O) groups is 4. The summed E-state index contributed by atoms with van der Waals surface area (Å²) in [7, 11) is 1.31. The summed E-state index contributed by atoms with van der Waals surface area (Å²) in [5.74, 6) is -1.01. The zero-order chi connectivity index (χ0) is 19.4. The fourth-order valence-electron chi connectivity index (χ4n) is 3.05. The lowest BCUT2D eigenvalue weighted by atomic mass is 9.95. The highest BCUT2D eigenvalue weighted by Gasteiger charge is 2.27. The lowest BCUT2D eigenvalue weighted by Gasteiger charge is -2.13. The minimum absolute atomic E-state index is 0.164. The molecule has 0 bridgehead atoms. The van der Waals surface area contributed by atoms with Gasteiger partial charge in [-0.15, -0.1) is 11.3 Å². The zero-order valence-electron chi connectivity index (χ0n) is 14.9. The molecule has 10 heteroatoms. The van der Waals surface area contributed by atoms with Gasteiger partial charge in [-0.05, 0) is 31.2 Å². The second kappa shape index (κ2) is 8.75. The number of aryl methyl sites for hydroxylation is 1. The van der Waals surface area contributed by atoms with Crippen LogP contribution in [-0.2, 0) is 31.9 Å². The molecule has 1 aromatic heterocycles. The normalized spacial score (nSPS) is 16.0. The van der Waals surface area contributed by atoms with E-state index in [0.717, 1.165) is 47.9 Å². The van der Waals surface area contributed by atoms with Crippen LogP contribution in [0.15, 0.2) is 0 Å². The van der Waals surface area contributed by atoms with Crippen molar-refractivity contribution in [1.29, 1.82) is 0 Å². The Balaban J connectivity index is 1.59. The first kappa shape index (κ1) is 19.7. The summed E-state index contributed by atoms with van der Waals surface area (Å²) in [6, 6.07) is 0. The highest BCUT2D eigenvalue weighted by Crippen LogP contribution is 2.38. The molecule has 2 amide bonds. The molecule has 0 aromatic carbocycles. The first-order chi connectivity index (χ1) is 13.0. The monoisotopic (exact) mass is 412 g/mol. The number of ether oxygens (including phenoxy) is 2. The van der Waals surface area contributed by atoms with Crippen LogP contribution in [0.4, 0.5) is 9.80 Å². The van der Waals surface area contributed by atoms with E-state index in [1.807, 2.05) is 0 Å². The number of hydrogen-bond acceptors (Lipinski definition) is 8. The van der Waals surface area contributed by atoms with Crippen molar-refractivity contribution >= 4 is 51.2 Å². The van der Waals surface area contributed by atoms with Gasteiger partial charge in [-0.2, -0.15) is 0 Å². The number of hydrogen-bond donors (Lipinski definition) is 1. The Morgan fingerprint density at radius 2 is 2.00 bits per heavy atom. The Labute approximate surface area is 164 Å². The Kier molecular flexibility index (Phi) is 6.38. The van der Waals surface area contributed by atoms with Crippen LogP contribution in [0.5, 0.6) is 0 Å². The van der Waals surface area contributed by atoms with Crippen LogP contribution < -0.4 is 5.32 Å². The van der Waals surface area contributed by atoms with Crippen molar-refractivity contribution in [2.45, 2.75) is 25.7 Å². The zero-order valence-corrected chi connectivity index (χ0v) is 16.5. The van der Waals surface area contributed by atoms with Gasteiger partial charge in [0.15, 0.2) is 6.61 Å². The van der Waals surface area contributed by atoms with E-state index in [9.17, 15) is 19.2 Å². The Morgan fingerprint density at radius 3 is 2.70 bits per heavy atom. The number of nitrogens with one attached hydrogen (secondary N) is 1. The van der Waals surface area contributed by atoms with Gasteiger partial charge in [-0.1, -0.05) is 11.8 Å². The van der Waals surface area contributed by atoms with Gasteiger partial charge in [0.2, 0.25) is 0 Å². The van der Waals surface area contributed by atoms with E-state index < -0.39 is 24.5 Å². The molecule has 8 nitrogen and oxygen atoms in total. The number of thiophene rings is 1. The van der Waals surface area contributed by atoms with E-state index in [1.54, 1.807) is 0 Å². The first-order valence-electron chi connectivity index (χ1n) is 8.59. The second-order valence-electron chi connectivity index (χ2n) is 6.15. The molecule has 1 N–H and O–H groups in total. The molecule has 0 spiro atoms. The molecule has 3 rings (SSSR count). The van der Waals surface area contributed by atoms with Crippen LogP contribution >= 0.6 is 23.1 Å². The first-order valence-corrected chi connectivity index (χ1v) is 10.4. The number of thioether (sulfide) groups is 1. The average Bonchev–Trinajstić information content (AvgIpc) is 3.22. The number of nitrogens with zero attached hydrogens (tertiary/aromatic N) is 1. The van der Waals surface area contributed by atoms with Crippen molar-refractivity contribution in [3.05, 3.63) is 16.0 Å². The maximum absolute atomic E-state index is 12.2. The van der Waals surface area contributed by atoms with Crippen LogP contribution in [0.2, 0.25) is 0 Å². The van der Waals surface area contributed by atoms with Gasteiger partial charge in [-0.3, -0.25) is 14.4 Å². The number of anilines is 1. The van der Waals surface area contributed by atoms with Crippen LogP contribution in [0, 0.1) is 0 Å². The Hall–Kier alpha value is -2.07. The SMILES string of the molecule is COC(=O)c1c(NC(=O)COC(=O)CN2CCSC2=O)sc2c1CCCC2. The highest BCUT2D eigenvalue weighted by atomic mass is 32.2. The third kappa shape index (κ3) is 4.62. The van der Waals surface area contributed by atoms with E-state index in [4.69, 9.17) is 9.47 Å². The van der Waals surface area contributed by atoms with Crippen molar-refractivity contribution in [1.82, 2.24) is 4.90 Å². The Morgan fingerprint density at radius 1 is 1.22 bits per heavy atom. The van der Waals surface area contributed by atoms with Gasteiger partial charge < -0.3 is 19.7 Å². The van der Waals surface area contributed by atoms with Gasteiger partial charge >= 0.3 is 11.9 Å². The van der Waals surface area contributed by atoms with Gasteiger partial charge in [0.25, 0.3) is 11.1 Å². The fraction of sp³-hybridized carbons (Fsp3) is 0.529. The number of methoxy groups -OCH3 is 1. The molecular formula is C17H20N2O6S2. The molecule has 1 aliphatic carbocycles. The predicted octanol–water partition coefficient (Wildman–Crippen LogP) is 2.06. The summed E-state index contributed by atoms with van der Waals surface area (Å²) in [6.45, 7) is -0.148. The van der Waals surface area contributed by atoms with Crippen LogP contribution in [-0.4, -0.2) is 60.5 Å². The molecule has 2 aliphatic rings. The number of amides is 2. The lowest BCUT2D eigenvalue weighted by Crippen LogP contribution is -2.32. The topological polar surface area (TPSA) is 102 Å². The van der Waals surface area contributed by atoms with Crippen molar-refractivity contribution < 1.29 is 28.7 Å². The van der Waals surface area contributed by atoms with Crippen molar-refractivity contribution in [3.63, 3.8) is 0 Å². The number of rotatable bonds is 6. The lowest BCUT2D eigenvalue weighted by molar-refractivity contribution is -0.147. The van der Waals surface area contributed by atoms with Crippen molar-refractivity contribution in [2.24, 2.45) is 0 Å². The summed E-state index contributed by atoms with van der Waals surface area (Å²) in [5, 5.41) is 2.93. The molecule has 146 valence electrons. The molecule has 2 heterocycles. The molecule has 1 saturated heterocycles. The quantitative estimate of drug-likeness (QED) is 0.714. The van der Waals surface area contributed by atoms with Gasteiger partial charge in [-0.25, -0.2) is 4.79 Å². The fourth-order valence-corrected chi connectivity index (χ4v) is 5.17. The summed E-state index contributed by atoms with van der Waals surface area (Å²) in [5.41, 5.74) is 1.34. The highest BCUT2D eigenvalue weighted by molar-refractivity contribution is 8.13. The van der Waals surface area contributed by atoms with E-state index in [0.29, 0.717) is 22.9 Å². The molecule has 1 fully saturated rings. The Bertz CT molecular complexity index is 776. The minimum Gasteiger partial charge on any atom is -0.465 e. The maximum atomic E-state index is 12.2. The van der Waals surface area contributed by atoms with Gasteiger partial charge in [0.05, 0.1) is 12.7 Å². The van der Waals surface area contributed by atoms with Crippen molar-refractivity contribution in [3.8, 4) is 0 Å². The summed E-state index contributed by atoms with van der Waals surface area (Å²) in [4.78, 5) is 50.1. The third-order valence-corrected chi connectivity index (χ3v) is 6.44. The van der Waals surface area contributed by atoms with Crippen LogP contribution in [0.1, 0.15) is 33.6 Å². The maximum Gasteiger partial charge on any atom is 0.341 e. The summed E-state index contributed by atoms with van der Waals surface area (Å²) < 4.78 is 9.81. The molecule has 1 aliphatic heterocycles. The summed E-state index contributed by atoms with van der Waals surface area (Å²) in [6.07, 6.45) is 3.69. The van der Waals surface area contributed by atoms with Gasteiger partial charge in [0, 0.05) is 17.2 Å². The summed E-state index contributed by atoms with van der Waals surface area (Å²) >= 11 is 2.52. The van der Waals surface area contributed by atoms with E-state index >= 15 is 0 Å². The van der Waals surface area contributed by atoms with Gasteiger partial charge in [0.1, 0.15) is 11.5 Å². The number of carbonyl (C=O) groups excluding carboxylic acids is 4. The molecule has 0 atom stereocenters. The van der Waals surface area contributed by atoms with E-state index in [-0.39, 0.29) is 11.8 Å². The van der Waals surface area contributed by atoms with Crippen LogP contribution in [0.3, 0.4) is 0 Å². The molecule has 0 unspecified atom stereocenters. The molecule has 27 heavy (non-hydrogen) atoms. The van der Waals surface area contributed by atoms with Crippen molar-refractivity contribution in [2.75, 3.05) is 37.9 Å². The smallest absolute Gasteiger partial charge is 0.341 e. The number of fused-ring (bicyclic) bond motifs is 1. The third-order valence-electron chi connectivity index (χ3n) is 4.34. The number of esters is 2. The van der Waals surface area contributed by atoms with Crippen LogP contribution in [0.25, 0.3) is 0 Å². The largest absolute Gasteiger partial charge is 0.465 e. The second-order valence-corrected chi connectivity index (χ2v) is 8.30. The average molecular weight is 412 g/mol. The predicted molar refractivity (Wildman–Crippen MR) is 101 cm³/mol.